The maximum atomic E-state index is 12.2. The number of aromatic nitrogens is 2. The number of carbonyl (C=O) groups is 2. The molecule has 1 aliphatic heterocycles. The van der Waals surface area contributed by atoms with Crippen molar-refractivity contribution in [3.8, 4) is 0 Å². The summed E-state index contributed by atoms with van der Waals surface area (Å²) in [5.41, 5.74) is 2.16. The highest BCUT2D eigenvalue weighted by Gasteiger charge is 2.30. The summed E-state index contributed by atoms with van der Waals surface area (Å²) >= 11 is 0. The quantitative estimate of drug-likeness (QED) is 0.889. The largest absolute Gasteiger partial charge is 0.347 e. The summed E-state index contributed by atoms with van der Waals surface area (Å²) in [6.45, 7) is 3.86. The first-order valence-electron chi connectivity index (χ1n) is 8.19. The monoisotopic (exact) mass is 340 g/mol. The number of anilines is 2. The molecule has 130 valence electrons. The van der Waals surface area contributed by atoms with E-state index in [1.807, 2.05) is 24.3 Å². The Hall–Kier alpha value is -2.96. The van der Waals surface area contributed by atoms with Gasteiger partial charge in [-0.3, -0.25) is 9.59 Å². The SMILES string of the molecule is CC(=O)N1C[C@H](CCC(=O)Nc2cc(C)[nH]c(=O)n2)c2ccccc21. The Morgan fingerprint density at radius 1 is 1.36 bits per heavy atom. The normalized spacial score (nSPS) is 15.8. The van der Waals surface area contributed by atoms with Crippen molar-refractivity contribution in [3.05, 3.63) is 52.1 Å². The van der Waals surface area contributed by atoms with Gasteiger partial charge in [-0.1, -0.05) is 18.2 Å². The summed E-state index contributed by atoms with van der Waals surface area (Å²) in [7, 11) is 0. The lowest BCUT2D eigenvalue weighted by Crippen LogP contribution is -2.27. The van der Waals surface area contributed by atoms with Crippen LogP contribution in [0.4, 0.5) is 11.5 Å². The number of H-pyrrole nitrogens is 1. The molecule has 0 aliphatic carbocycles. The number of aryl methyl sites for hydroxylation is 1. The van der Waals surface area contributed by atoms with Crippen LogP contribution in [0.1, 0.15) is 36.9 Å². The van der Waals surface area contributed by atoms with Crippen LogP contribution in [0.5, 0.6) is 0 Å². The van der Waals surface area contributed by atoms with E-state index in [4.69, 9.17) is 0 Å². The lowest BCUT2D eigenvalue weighted by atomic mass is 9.96. The second-order valence-electron chi connectivity index (χ2n) is 6.23. The molecule has 0 saturated carbocycles. The number of hydrogen-bond donors (Lipinski definition) is 2. The Kier molecular flexibility index (Phi) is 4.65. The fourth-order valence-electron chi connectivity index (χ4n) is 3.19. The van der Waals surface area contributed by atoms with Crippen LogP contribution in [0, 0.1) is 6.92 Å². The minimum atomic E-state index is -0.489. The molecule has 2 amide bonds. The third-order valence-corrected chi connectivity index (χ3v) is 4.32. The first-order valence-corrected chi connectivity index (χ1v) is 8.19. The van der Waals surface area contributed by atoms with Gasteiger partial charge in [-0.25, -0.2) is 4.79 Å². The van der Waals surface area contributed by atoms with Crippen molar-refractivity contribution >= 4 is 23.3 Å². The zero-order valence-electron chi connectivity index (χ0n) is 14.2. The van der Waals surface area contributed by atoms with Gasteiger partial charge in [0, 0.05) is 43.3 Å². The smallest absolute Gasteiger partial charge is 0.312 e. The van der Waals surface area contributed by atoms with Crippen LogP contribution in [-0.4, -0.2) is 28.3 Å². The molecule has 7 heteroatoms. The highest BCUT2D eigenvalue weighted by atomic mass is 16.2. The number of rotatable bonds is 4. The Morgan fingerprint density at radius 2 is 2.12 bits per heavy atom. The summed E-state index contributed by atoms with van der Waals surface area (Å²) in [5.74, 6) is 0.182. The summed E-state index contributed by atoms with van der Waals surface area (Å²) in [6.07, 6.45) is 0.910. The molecular weight excluding hydrogens is 320 g/mol. The van der Waals surface area contributed by atoms with Gasteiger partial charge in [0.25, 0.3) is 0 Å². The molecule has 0 fully saturated rings. The highest BCUT2D eigenvalue weighted by Crippen LogP contribution is 2.38. The second-order valence-corrected chi connectivity index (χ2v) is 6.23. The van der Waals surface area contributed by atoms with Gasteiger partial charge < -0.3 is 15.2 Å². The van der Waals surface area contributed by atoms with E-state index in [-0.39, 0.29) is 30.0 Å². The summed E-state index contributed by atoms with van der Waals surface area (Å²) in [5, 5.41) is 2.65. The minimum absolute atomic E-state index is 0.00240. The topological polar surface area (TPSA) is 95.2 Å². The van der Waals surface area contributed by atoms with Crippen molar-refractivity contribution in [1.82, 2.24) is 9.97 Å². The van der Waals surface area contributed by atoms with Crippen LogP contribution in [0.3, 0.4) is 0 Å². The number of para-hydroxylation sites is 1. The molecule has 25 heavy (non-hydrogen) atoms. The van der Waals surface area contributed by atoms with E-state index in [1.54, 1.807) is 24.8 Å². The lowest BCUT2D eigenvalue weighted by molar-refractivity contribution is -0.116. The van der Waals surface area contributed by atoms with Gasteiger partial charge in [0.15, 0.2) is 0 Å². The van der Waals surface area contributed by atoms with E-state index in [2.05, 4.69) is 15.3 Å². The molecule has 0 saturated heterocycles. The Morgan fingerprint density at radius 3 is 2.84 bits per heavy atom. The maximum Gasteiger partial charge on any atom is 0.347 e. The number of aromatic amines is 1. The predicted octanol–water partition coefficient (Wildman–Crippen LogP) is 1.95. The van der Waals surface area contributed by atoms with Crippen LogP contribution in [0.15, 0.2) is 35.1 Å². The lowest BCUT2D eigenvalue weighted by Gasteiger charge is -2.15. The molecule has 1 aliphatic rings. The Labute approximate surface area is 145 Å². The van der Waals surface area contributed by atoms with Crippen molar-refractivity contribution in [2.75, 3.05) is 16.8 Å². The van der Waals surface area contributed by atoms with Crippen LogP contribution in [-0.2, 0) is 9.59 Å². The molecule has 2 N–H and O–H groups in total. The van der Waals surface area contributed by atoms with Crippen LogP contribution < -0.4 is 15.9 Å². The Bertz CT molecular complexity index is 875. The molecule has 0 spiro atoms. The molecule has 2 heterocycles. The standard InChI is InChI=1S/C18H20N4O3/c1-11-9-16(21-18(25)19-11)20-17(24)8-7-13-10-22(12(2)23)15-6-4-3-5-14(13)15/h3-6,9,13H,7-8,10H2,1-2H3,(H2,19,20,21,24,25)/t13-/m0/s1. The van der Waals surface area contributed by atoms with Gasteiger partial charge in [0.1, 0.15) is 5.82 Å². The van der Waals surface area contributed by atoms with Gasteiger partial charge in [-0.05, 0) is 25.0 Å². The van der Waals surface area contributed by atoms with Gasteiger partial charge in [0.2, 0.25) is 11.8 Å². The number of hydrogen-bond acceptors (Lipinski definition) is 4. The molecule has 3 rings (SSSR count). The van der Waals surface area contributed by atoms with E-state index in [0.717, 1.165) is 11.3 Å². The van der Waals surface area contributed by atoms with Gasteiger partial charge in [-0.15, -0.1) is 0 Å². The molecule has 2 aromatic rings. The molecule has 7 nitrogen and oxygen atoms in total. The minimum Gasteiger partial charge on any atom is -0.312 e. The number of nitrogens with zero attached hydrogens (tertiary/aromatic N) is 2. The first kappa shape index (κ1) is 16.9. The highest BCUT2D eigenvalue weighted by molar-refractivity contribution is 5.94. The fraction of sp³-hybridized carbons (Fsp3) is 0.333. The summed E-state index contributed by atoms with van der Waals surface area (Å²) in [4.78, 5) is 43.3. The summed E-state index contributed by atoms with van der Waals surface area (Å²) < 4.78 is 0. The van der Waals surface area contributed by atoms with Crippen molar-refractivity contribution in [2.24, 2.45) is 0 Å². The van der Waals surface area contributed by atoms with Crippen molar-refractivity contribution in [2.45, 2.75) is 32.6 Å². The van der Waals surface area contributed by atoms with Gasteiger partial charge in [-0.2, -0.15) is 4.98 Å². The van der Waals surface area contributed by atoms with E-state index in [9.17, 15) is 14.4 Å². The van der Waals surface area contributed by atoms with Crippen LogP contribution in [0.2, 0.25) is 0 Å². The average Bonchev–Trinajstić information content (AvgIpc) is 2.91. The van der Waals surface area contributed by atoms with Crippen LogP contribution in [0.25, 0.3) is 0 Å². The van der Waals surface area contributed by atoms with Crippen molar-refractivity contribution in [1.29, 1.82) is 0 Å². The molecular formula is C18H20N4O3. The van der Waals surface area contributed by atoms with Crippen molar-refractivity contribution in [3.63, 3.8) is 0 Å². The zero-order valence-corrected chi connectivity index (χ0v) is 14.2. The molecule has 0 unspecified atom stereocenters. The summed E-state index contributed by atoms with van der Waals surface area (Å²) in [6, 6.07) is 9.40. The van der Waals surface area contributed by atoms with E-state index < -0.39 is 5.69 Å². The predicted molar refractivity (Wildman–Crippen MR) is 94.7 cm³/mol. The maximum absolute atomic E-state index is 12.2. The van der Waals surface area contributed by atoms with Gasteiger partial charge in [0.05, 0.1) is 0 Å². The second kappa shape index (κ2) is 6.88. The number of carbonyl (C=O) groups excluding carboxylic acids is 2. The molecule has 0 radical (unpaired) electrons. The molecule has 1 atom stereocenters. The third kappa shape index (κ3) is 3.76. The third-order valence-electron chi connectivity index (χ3n) is 4.32. The molecule has 1 aromatic carbocycles. The van der Waals surface area contributed by atoms with Gasteiger partial charge >= 0.3 is 5.69 Å². The fourth-order valence-corrected chi connectivity index (χ4v) is 3.19. The Balaban J connectivity index is 1.65. The van der Waals surface area contributed by atoms with Crippen molar-refractivity contribution < 1.29 is 9.59 Å². The van der Waals surface area contributed by atoms with E-state index >= 15 is 0 Å². The average molecular weight is 340 g/mol. The number of benzene rings is 1. The molecule has 0 bridgehead atoms. The van der Waals surface area contributed by atoms with E-state index in [0.29, 0.717) is 18.7 Å². The number of amides is 2. The van der Waals surface area contributed by atoms with Crippen LogP contribution >= 0.6 is 0 Å². The zero-order chi connectivity index (χ0) is 18.0. The number of nitrogens with one attached hydrogen (secondary N) is 2. The molecule has 1 aromatic heterocycles. The number of fused-ring (bicyclic) bond motifs is 1. The van der Waals surface area contributed by atoms with E-state index in [1.165, 1.54) is 0 Å². The first-order chi connectivity index (χ1) is 11.9.